The Labute approximate surface area is 216 Å². The van der Waals surface area contributed by atoms with Crippen molar-refractivity contribution in [2.24, 2.45) is 0 Å². The van der Waals surface area contributed by atoms with E-state index in [1.807, 2.05) is 24.3 Å². The number of carbonyl (C=O) groups excluding carboxylic acids is 3. The molecule has 2 N–H and O–H groups in total. The number of hydrogen-bond donors (Lipinski definition) is 2. The van der Waals surface area contributed by atoms with E-state index in [4.69, 9.17) is 16.3 Å². The Kier molecular flexibility index (Phi) is 5.58. The minimum Gasteiger partial charge on any atom is -0.438 e. The molecular weight excluding hydrogens is 497 g/mol. The highest BCUT2D eigenvalue weighted by atomic mass is 35.5. The van der Waals surface area contributed by atoms with Gasteiger partial charge in [0, 0.05) is 46.1 Å². The molecule has 1 saturated heterocycles. The van der Waals surface area contributed by atoms with Gasteiger partial charge >= 0.3 is 6.09 Å². The molecule has 0 bridgehead atoms. The number of amides is 1. The smallest absolute Gasteiger partial charge is 0.412 e. The number of ether oxygens (including phenoxy) is 1. The lowest BCUT2D eigenvalue weighted by molar-refractivity contribution is -0.0221. The third-order valence-electron chi connectivity index (χ3n) is 7.04. The fourth-order valence-electron chi connectivity index (χ4n) is 5.35. The number of halogens is 2. The largest absolute Gasteiger partial charge is 0.438 e. The van der Waals surface area contributed by atoms with Gasteiger partial charge in [0.1, 0.15) is 11.4 Å². The van der Waals surface area contributed by atoms with Crippen molar-refractivity contribution in [2.75, 3.05) is 11.9 Å². The van der Waals surface area contributed by atoms with E-state index in [-0.39, 0.29) is 17.8 Å². The van der Waals surface area contributed by atoms with Gasteiger partial charge in [0.05, 0.1) is 17.2 Å². The predicted molar refractivity (Wildman–Crippen MR) is 137 cm³/mol. The first-order valence-corrected chi connectivity index (χ1v) is 12.2. The maximum atomic E-state index is 13.9. The quantitative estimate of drug-likeness (QED) is 0.350. The molecule has 3 aromatic carbocycles. The molecule has 7 nitrogen and oxygen atoms in total. The maximum Gasteiger partial charge on any atom is 0.412 e. The molecule has 0 radical (unpaired) electrons. The van der Waals surface area contributed by atoms with Crippen LogP contribution in [0, 0.1) is 5.82 Å². The Bertz CT molecular complexity index is 1600. The molecule has 2 aliphatic heterocycles. The van der Waals surface area contributed by atoms with Gasteiger partial charge in [-0.1, -0.05) is 41.9 Å². The van der Waals surface area contributed by atoms with Crippen LogP contribution in [0.2, 0.25) is 5.02 Å². The second-order valence-corrected chi connectivity index (χ2v) is 9.71. The number of piperidine rings is 1. The van der Waals surface area contributed by atoms with Gasteiger partial charge in [0.25, 0.3) is 5.91 Å². The molecule has 186 valence electrons. The van der Waals surface area contributed by atoms with Crippen molar-refractivity contribution in [3.05, 3.63) is 100 Å². The van der Waals surface area contributed by atoms with E-state index in [0.29, 0.717) is 40.1 Å². The molecule has 0 saturated carbocycles. The highest BCUT2D eigenvalue weighted by Crippen LogP contribution is 2.44. The molecule has 0 aliphatic carbocycles. The fraction of sp³-hybridized carbons (Fsp3) is 0.179. The number of benzene rings is 3. The monoisotopic (exact) mass is 517 g/mol. The van der Waals surface area contributed by atoms with Gasteiger partial charge in [0.2, 0.25) is 0 Å². The van der Waals surface area contributed by atoms with Gasteiger partial charge in [-0.2, -0.15) is 0 Å². The Balaban J connectivity index is 1.40. The summed E-state index contributed by atoms with van der Waals surface area (Å²) in [6.45, 7) is 0.449. The van der Waals surface area contributed by atoms with Crippen LogP contribution in [0.1, 0.15) is 39.1 Å². The fourth-order valence-corrected chi connectivity index (χ4v) is 5.51. The van der Waals surface area contributed by atoms with E-state index in [0.717, 1.165) is 11.6 Å². The molecule has 6 rings (SSSR count). The number of nitrogens with zero attached hydrogens (tertiary/aromatic N) is 1. The first-order valence-electron chi connectivity index (χ1n) is 11.8. The van der Waals surface area contributed by atoms with Gasteiger partial charge in [-0.05, 0) is 42.9 Å². The normalized spacial score (nSPS) is 20.8. The molecule has 4 aromatic rings. The number of anilines is 1. The molecule has 1 amide bonds. The highest BCUT2D eigenvalue weighted by molar-refractivity contribution is 6.31. The van der Waals surface area contributed by atoms with E-state index in [9.17, 15) is 18.8 Å². The number of fused-ring (bicyclic) bond motifs is 3. The van der Waals surface area contributed by atoms with Crippen molar-refractivity contribution in [3.8, 4) is 0 Å². The number of rotatable bonds is 3. The van der Waals surface area contributed by atoms with Crippen LogP contribution in [0.15, 0.2) is 72.9 Å². The third kappa shape index (κ3) is 3.98. The van der Waals surface area contributed by atoms with Crippen molar-refractivity contribution in [1.29, 1.82) is 0 Å². The summed E-state index contributed by atoms with van der Waals surface area (Å²) < 4.78 is 21.0. The average molecular weight is 518 g/mol. The minimum absolute atomic E-state index is 0.142. The number of aromatic nitrogens is 1. The molecule has 2 atom stereocenters. The summed E-state index contributed by atoms with van der Waals surface area (Å²) in [5.74, 6) is -1.27. The van der Waals surface area contributed by atoms with Gasteiger partial charge in [0.15, 0.2) is 5.78 Å². The van der Waals surface area contributed by atoms with Crippen LogP contribution in [0.4, 0.5) is 14.9 Å². The second kappa shape index (κ2) is 8.83. The lowest BCUT2D eigenvalue weighted by Crippen LogP contribution is -2.53. The molecule has 1 fully saturated rings. The summed E-state index contributed by atoms with van der Waals surface area (Å²) >= 11 is 6.23. The van der Waals surface area contributed by atoms with Crippen LogP contribution in [0.5, 0.6) is 0 Å². The van der Waals surface area contributed by atoms with Crippen LogP contribution in [0.3, 0.4) is 0 Å². The topological polar surface area (TPSA) is 89.4 Å². The standard InChI is InChI=1S/C28H21ClFN3O4/c29-17-8-9-19-20(15-33(24(19)13-17)26(35)16-4-3-5-18(30)12-16)25(34)23-14-28(10-11-31-23)21-6-1-2-7-22(21)32-27(36)37-28/h1-9,12-13,15,23,31H,10-11,14H2,(H,32,36). The lowest BCUT2D eigenvalue weighted by Gasteiger charge is -2.43. The van der Waals surface area contributed by atoms with Crippen LogP contribution in [0.25, 0.3) is 10.9 Å². The van der Waals surface area contributed by atoms with Crippen LogP contribution in [-0.2, 0) is 10.3 Å². The van der Waals surface area contributed by atoms with Gasteiger partial charge in [-0.15, -0.1) is 0 Å². The number of nitrogens with one attached hydrogen (secondary N) is 2. The summed E-state index contributed by atoms with van der Waals surface area (Å²) in [4.78, 5) is 39.6. The van der Waals surface area contributed by atoms with E-state index in [1.54, 1.807) is 18.2 Å². The van der Waals surface area contributed by atoms with Crippen molar-refractivity contribution < 1.29 is 23.5 Å². The SMILES string of the molecule is O=C1Nc2ccccc2C2(CCNC(C(=O)c3cn(C(=O)c4cccc(F)c4)c4cc(Cl)ccc34)C2)O1. The van der Waals surface area contributed by atoms with Crippen molar-refractivity contribution in [3.63, 3.8) is 0 Å². The predicted octanol–water partition coefficient (Wildman–Crippen LogP) is 5.51. The van der Waals surface area contributed by atoms with Crippen molar-refractivity contribution >= 4 is 46.0 Å². The van der Waals surface area contributed by atoms with E-state index >= 15 is 0 Å². The van der Waals surface area contributed by atoms with Gasteiger partial charge in [-0.3, -0.25) is 19.5 Å². The number of para-hydroxylation sites is 1. The van der Waals surface area contributed by atoms with E-state index < -0.39 is 29.5 Å². The molecule has 1 spiro atoms. The Hall–Kier alpha value is -4.01. The Morgan fingerprint density at radius 2 is 1.92 bits per heavy atom. The van der Waals surface area contributed by atoms with Crippen LogP contribution < -0.4 is 10.6 Å². The van der Waals surface area contributed by atoms with Crippen LogP contribution in [-0.4, -0.2) is 34.9 Å². The van der Waals surface area contributed by atoms with Crippen molar-refractivity contribution in [1.82, 2.24) is 9.88 Å². The maximum absolute atomic E-state index is 13.9. The number of Topliss-reactive ketones (excluding diaryl/α,β-unsaturated/α-hetero) is 1. The zero-order valence-corrected chi connectivity index (χ0v) is 20.2. The molecule has 9 heteroatoms. The minimum atomic E-state index is -0.955. The van der Waals surface area contributed by atoms with Crippen LogP contribution >= 0.6 is 11.6 Å². The number of ketones is 1. The molecule has 37 heavy (non-hydrogen) atoms. The first-order chi connectivity index (χ1) is 17.8. The van der Waals surface area contributed by atoms with E-state index in [2.05, 4.69) is 10.6 Å². The summed E-state index contributed by atoms with van der Waals surface area (Å²) in [6.07, 6.45) is 1.66. The number of hydrogen-bond acceptors (Lipinski definition) is 5. The van der Waals surface area contributed by atoms with E-state index in [1.165, 1.54) is 29.0 Å². The zero-order valence-electron chi connectivity index (χ0n) is 19.5. The number of carbonyl (C=O) groups is 3. The third-order valence-corrected chi connectivity index (χ3v) is 7.27. The Morgan fingerprint density at radius 3 is 2.76 bits per heavy atom. The summed E-state index contributed by atoms with van der Waals surface area (Å²) in [5.41, 5.74) is 1.43. The summed E-state index contributed by atoms with van der Waals surface area (Å²) in [7, 11) is 0. The molecule has 3 heterocycles. The molecule has 1 aromatic heterocycles. The van der Waals surface area contributed by atoms with Gasteiger partial charge < -0.3 is 10.1 Å². The summed E-state index contributed by atoms with van der Waals surface area (Å²) in [5, 5.41) is 6.92. The molecular formula is C28H21ClFN3O4. The highest BCUT2D eigenvalue weighted by Gasteiger charge is 2.47. The Morgan fingerprint density at radius 1 is 1.08 bits per heavy atom. The van der Waals surface area contributed by atoms with Gasteiger partial charge in [-0.25, -0.2) is 9.18 Å². The molecule has 2 aliphatic rings. The first kappa shape index (κ1) is 23.4. The average Bonchev–Trinajstić information content (AvgIpc) is 3.26. The summed E-state index contributed by atoms with van der Waals surface area (Å²) in [6, 6.07) is 17.1. The second-order valence-electron chi connectivity index (χ2n) is 9.27. The van der Waals surface area contributed by atoms with Crippen molar-refractivity contribution in [2.45, 2.75) is 24.5 Å². The zero-order chi connectivity index (χ0) is 25.7. The lowest BCUT2D eigenvalue weighted by atomic mass is 9.78. The molecule has 2 unspecified atom stereocenters.